The molecule has 0 aliphatic rings. The van der Waals surface area contributed by atoms with E-state index >= 15 is 0 Å². The first kappa shape index (κ1) is 20.2. The molecule has 3 rings (SSSR count). The molecule has 0 saturated heterocycles. The summed E-state index contributed by atoms with van der Waals surface area (Å²) in [6.07, 6.45) is 1.31. The zero-order valence-electron chi connectivity index (χ0n) is 17.0. The summed E-state index contributed by atoms with van der Waals surface area (Å²) in [6, 6.07) is 3.50. The molecule has 2 aromatic heterocycles. The minimum Gasteiger partial charge on any atom is -0.493 e. The van der Waals surface area contributed by atoms with Crippen molar-refractivity contribution < 1.29 is 23.4 Å². The number of benzene rings is 1. The van der Waals surface area contributed by atoms with Crippen molar-refractivity contribution >= 4 is 17.0 Å². The Hall–Kier alpha value is -3.49. The van der Waals surface area contributed by atoms with Crippen molar-refractivity contribution in [3.8, 4) is 17.2 Å². The number of aromatic nitrogens is 2. The van der Waals surface area contributed by atoms with Gasteiger partial charge in [-0.15, -0.1) is 0 Å². The largest absolute Gasteiger partial charge is 0.493 e. The number of aryl methyl sites for hydroxylation is 2. The lowest BCUT2D eigenvalue weighted by Gasteiger charge is -2.14. The van der Waals surface area contributed by atoms with Crippen LogP contribution in [0.3, 0.4) is 0 Å². The number of nitrogens with one attached hydrogen (secondary N) is 1. The Kier molecular flexibility index (Phi) is 5.76. The first-order valence-corrected chi connectivity index (χ1v) is 8.90. The van der Waals surface area contributed by atoms with Crippen LogP contribution in [0.5, 0.6) is 17.2 Å². The van der Waals surface area contributed by atoms with E-state index in [-0.39, 0.29) is 30.3 Å². The zero-order chi connectivity index (χ0) is 21.1. The molecule has 0 radical (unpaired) electrons. The summed E-state index contributed by atoms with van der Waals surface area (Å²) < 4.78 is 22.6. The highest BCUT2D eigenvalue weighted by atomic mass is 16.5. The molecule has 0 unspecified atom stereocenters. The van der Waals surface area contributed by atoms with Crippen LogP contribution in [0.15, 0.2) is 27.7 Å². The topological polar surface area (TPSA) is 105 Å². The van der Waals surface area contributed by atoms with E-state index in [1.165, 1.54) is 32.2 Å². The predicted octanol–water partition coefficient (Wildman–Crippen LogP) is 1.95. The molecule has 1 aromatic carbocycles. The van der Waals surface area contributed by atoms with Gasteiger partial charge in [-0.05, 0) is 31.5 Å². The van der Waals surface area contributed by atoms with Gasteiger partial charge >= 0.3 is 0 Å². The molecule has 2 heterocycles. The van der Waals surface area contributed by atoms with E-state index in [2.05, 4.69) is 10.3 Å². The van der Waals surface area contributed by atoms with Crippen LogP contribution in [0.2, 0.25) is 0 Å². The molecule has 0 aliphatic carbocycles. The summed E-state index contributed by atoms with van der Waals surface area (Å²) >= 11 is 0. The molecule has 1 amide bonds. The van der Waals surface area contributed by atoms with Gasteiger partial charge in [-0.25, -0.2) is 4.98 Å². The molecule has 3 aromatic rings. The summed E-state index contributed by atoms with van der Waals surface area (Å²) in [6.45, 7) is 3.63. The molecular weight excluding hydrogens is 378 g/mol. The van der Waals surface area contributed by atoms with Crippen molar-refractivity contribution in [2.75, 3.05) is 21.3 Å². The Morgan fingerprint density at radius 2 is 1.79 bits per heavy atom. The smallest absolute Gasteiger partial charge is 0.265 e. The minimum atomic E-state index is -0.333. The van der Waals surface area contributed by atoms with Gasteiger partial charge in [0.05, 0.1) is 21.3 Å². The fraction of sp³-hybridized carbons (Fsp3) is 0.350. The molecule has 29 heavy (non-hydrogen) atoms. The Balaban J connectivity index is 1.75. The number of nitrogens with zero attached hydrogens (tertiary/aromatic N) is 2. The lowest BCUT2D eigenvalue weighted by molar-refractivity contribution is -0.121. The first-order valence-electron chi connectivity index (χ1n) is 8.90. The summed E-state index contributed by atoms with van der Waals surface area (Å²) in [7, 11) is 4.57. The van der Waals surface area contributed by atoms with Gasteiger partial charge in [0.15, 0.2) is 11.5 Å². The van der Waals surface area contributed by atoms with Crippen molar-refractivity contribution in [1.29, 1.82) is 0 Å². The van der Waals surface area contributed by atoms with Gasteiger partial charge < -0.3 is 23.9 Å². The molecule has 1 N–H and O–H groups in total. The second-order valence-electron chi connectivity index (χ2n) is 6.45. The molecule has 0 spiro atoms. The lowest BCUT2D eigenvalue weighted by Crippen LogP contribution is -2.32. The van der Waals surface area contributed by atoms with Gasteiger partial charge in [0.1, 0.15) is 24.0 Å². The van der Waals surface area contributed by atoms with Gasteiger partial charge in [-0.1, -0.05) is 0 Å². The number of carbonyl (C=O) groups excluding carboxylic acids is 1. The van der Waals surface area contributed by atoms with Crippen molar-refractivity contribution in [2.24, 2.45) is 0 Å². The van der Waals surface area contributed by atoms with Gasteiger partial charge in [0.25, 0.3) is 5.56 Å². The second kappa shape index (κ2) is 8.26. The van der Waals surface area contributed by atoms with Crippen molar-refractivity contribution in [3.63, 3.8) is 0 Å². The van der Waals surface area contributed by atoms with Gasteiger partial charge in [-0.3, -0.25) is 14.2 Å². The van der Waals surface area contributed by atoms with E-state index in [1.807, 2.05) is 0 Å². The summed E-state index contributed by atoms with van der Waals surface area (Å²) in [5.41, 5.74) is 1.45. The fourth-order valence-corrected chi connectivity index (χ4v) is 3.03. The van der Waals surface area contributed by atoms with E-state index in [4.69, 9.17) is 18.6 Å². The molecule has 9 nitrogen and oxygen atoms in total. The number of hydrogen-bond acceptors (Lipinski definition) is 7. The number of rotatable bonds is 7. The Morgan fingerprint density at radius 1 is 1.14 bits per heavy atom. The van der Waals surface area contributed by atoms with Gasteiger partial charge in [0.2, 0.25) is 17.4 Å². The maximum Gasteiger partial charge on any atom is 0.265 e. The van der Waals surface area contributed by atoms with Crippen LogP contribution >= 0.6 is 0 Å². The number of fused-ring (bicyclic) bond motifs is 1. The molecule has 0 fully saturated rings. The fourth-order valence-electron chi connectivity index (χ4n) is 3.03. The molecule has 0 saturated carbocycles. The number of furan rings is 1. The molecule has 154 valence electrons. The number of ether oxygens (including phenoxy) is 3. The van der Waals surface area contributed by atoms with E-state index < -0.39 is 0 Å². The van der Waals surface area contributed by atoms with Gasteiger partial charge in [0, 0.05) is 12.1 Å². The lowest BCUT2D eigenvalue weighted by atomic mass is 10.1. The summed E-state index contributed by atoms with van der Waals surface area (Å²) in [4.78, 5) is 29.2. The monoisotopic (exact) mass is 401 g/mol. The van der Waals surface area contributed by atoms with E-state index in [1.54, 1.807) is 26.0 Å². The SMILES string of the molecule is COc1cc(CNC(=O)Cn2cnc3oc(C)c(C)c3c2=O)cc(OC)c1OC. The van der Waals surface area contributed by atoms with Crippen LogP contribution < -0.4 is 25.1 Å². The van der Waals surface area contributed by atoms with E-state index in [0.29, 0.717) is 28.4 Å². The van der Waals surface area contributed by atoms with Crippen LogP contribution in [0.25, 0.3) is 11.1 Å². The zero-order valence-corrected chi connectivity index (χ0v) is 17.0. The average molecular weight is 401 g/mol. The van der Waals surface area contributed by atoms with Crippen LogP contribution in [-0.2, 0) is 17.9 Å². The van der Waals surface area contributed by atoms with Crippen LogP contribution in [0.1, 0.15) is 16.9 Å². The number of carbonyl (C=O) groups is 1. The molecule has 0 atom stereocenters. The Morgan fingerprint density at radius 3 is 2.38 bits per heavy atom. The third-order valence-electron chi connectivity index (χ3n) is 4.68. The average Bonchev–Trinajstić information content (AvgIpc) is 3.01. The van der Waals surface area contributed by atoms with Crippen molar-refractivity contribution in [1.82, 2.24) is 14.9 Å². The number of amides is 1. The Bertz CT molecular complexity index is 1090. The summed E-state index contributed by atoms with van der Waals surface area (Å²) in [5.74, 6) is 1.76. The standard InChI is InChI=1S/C20H23N3O6/c1-11-12(2)29-19-17(11)20(25)23(10-22-19)9-16(24)21-8-13-6-14(26-3)18(28-5)15(7-13)27-4/h6-7,10H,8-9H2,1-5H3,(H,21,24). The van der Waals surface area contributed by atoms with Crippen LogP contribution in [0.4, 0.5) is 0 Å². The number of hydrogen-bond donors (Lipinski definition) is 1. The van der Waals surface area contributed by atoms with E-state index in [0.717, 1.165) is 11.1 Å². The highest BCUT2D eigenvalue weighted by Crippen LogP contribution is 2.38. The highest BCUT2D eigenvalue weighted by Gasteiger charge is 2.16. The maximum atomic E-state index is 12.6. The normalized spacial score (nSPS) is 10.8. The second-order valence-corrected chi connectivity index (χ2v) is 6.45. The number of methoxy groups -OCH3 is 3. The quantitative estimate of drug-likeness (QED) is 0.645. The molecule has 9 heteroatoms. The first-order chi connectivity index (χ1) is 13.9. The van der Waals surface area contributed by atoms with E-state index in [9.17, 15) is 9.59 Å². The molecular formula is C20H23N3O6. The predicted molar refractivity (Wildman–Crippen MR) is 106 cm³/mol. The van der Waals surface area contributed by atoms with Crippen LogP contribution in [0, 0.1) is 13.8 Å². The Labute approximate surface area is 167 Å². The van der Waals surface area contributed by atoms with Crippen LogP contribution in [-0.4, -0.2) is 36.8 Å². The van der Waals surface area contributed by atoms with Gasteiger partial charge in [-0.2, -0.15) is 0 Å². The maximum absolute atomic E-state index is 12.6. The van der Waals surface area contributed by atoms with Crippen molar-refractivity contribution in [2.45, 2.75) is 26.9 Å². The minimum absolute atomic E-state index is 0.157. The third-order valence-corrected chi connectivity index (χ3v) is 4.68. The summed E-state index contributed by atoms with van der Waals surface area (Å²) in [5, 5.41) is 3.17. The third kappa shape index (κ3) is 3.89. The van der Waals surface area contributed by atoms with Crippen molar-refractivity contribution in [3.05, 3.63) is 45.7 Å². The highest BCUT2D eigenvalue weighted by molar-refractivity contribution is 5.79. The molecule has 0 bridgehead atoms. The molecule has 0 aliphatic heterocycles.